The molecule has 0 radical (unpaired) electrons. The Morgan fingerprint density at radius 3 is 1.78 bits per heavy atom. The number of rotatable bonds is 30. The zero-order valence-corrected chi connectivity index (χ0v) is 33.4. The van der Waals surface area contributed by atoms with Crippen molar-refractivity contribution in [1.29, 1.82) is 0 Å². The Hall–Kier alpha value is -1.53. The highest BCUT2D eigenvalue weighted by molar-refractivity contribution is 5.76. The summed E-state index contributed by atoms with van der Waals surface area (Å²) in [6.07, 6.45) is 11.3. The molecule has 2 heterocycles. The lowest BCUT2D eigenvalue weighted by Crippen LogP contribution is -2.65. The topological polar surface area (TPSA) is 228 Å². The van der Waals surface area contributed by atoms with Crippen LogP contribution < -0.4 is 5.32 Å². The van der Waals surface area contributed by atoms with Crippen LogP contribution in [0.4, 0.5) is 0 Å². The Bertz CT molecular complexity index is 1030. The van der Waals surface area contributed by atoms with E-state index in [2.05, 4.69) is 31.3 Å². The summed E-state index contributed by atoms with van der Waals surface area (Å²) in [4.78, 5) is 12.9. The summed E-state index contributed by atoms with van der Waals surface area (Å²) < 4.78 is 22.5. The largest absolute Gasteiger partial charge is 0.394 e. The van der Waals surface area contributed by atoms with E-state index in [4.69, 9.17) is 18.9 Å². The molecular formula is C41H75NO13. The molecule has 55 heavy (non-hydrogen) atoms. The van der Waals surface area contributed by atoms with Crippen molar-refractivity contribution >= 4 is 5.91 Å². The van der Waals surface area contributed by atoms with Crippen LogP contribution in [-0.2, 0) is 23.7 Å². The number of aliphatic hydroxyl groups excluding tert-OH is 8. The van der Waals surface area contributed by atoms with E-state index >= 15 is 0 Å². The van der Waals surface area contributed by atoms with Crippen LogP contribution in [0.15, 0.2) is 24.3 Å². The number of ether oxygens (including phenoxy) is 4. The highest BCUT2D eigenvalue weighted by Gasteiger charge is 2.50. The van der Waals surface area contributed by atoms with Gasteiger partial charge in [-0.15, -0.1) is 0 Å². The van der Waals surface area contributed by atoms with E-state index in [9.17, 15) is 45.6 Å². The van der Waals surface area contributed by atoms with Crippen molar-refractivity contribution in [2.24, 2.45) is 0 Å². The van der Waals surface area contributed by atoms with Gasteiger partial charge in [-0.3, -0.25) is 4.79 Å². The number of carbonyl (C=O) groups is 1. The van der Waals surface area contributed by atoms with Crippen LogP contribution in [0.1, 0.15) is 136 Å². The fourth-order valence-corrected chi connectivity index (χ4v) is 6.83. The molecule has 2 fully saturated rings. The number of hydrogen-bond acceptors (Lipinski definition) is 13. The van der Waals surface area contributed by atoms with Gasteiger partial charge in [-0.25, -0.2) is 0 Å². The van der Waals surface area contributed by atoms with Gasteiger partial charge in [-0.05, 0) is 32.1 Å². The third kappa shape index (κ3) is 18.7. The molecule has 0 aromatic rings. The van der Waals surface area contributed by atoms with Crippen LogP contribution in [-0.4, -0.2) is 140 Å². The second-order valence-corrected chi connectivity index (χ2v) is 15.1. The summed E-state index contributed by atoms with van der Waals surface area (Å²) >= 11 is 0. The maximum absolute atomic E-state index is 12.9. The van der Waals surface area contributed by atoms with Crippen LogP contribution in [0.2, 0.25) is 0 Å². The molecule has 1 amide bonds. The number of hydrogen-bond donors (Lipinski definition) is 9. The molecule has 0 aromatic heterocycles. The van der Waals surface area contributed by atoms with Gasteiger partial charge in [0.05, 0.1) is 32.0 Å². The summed E-state index contributed by atoms with van der Waals surface area (Å²) in [7, 11) is 0. The van der Waals surface area contributed by atoms with Gasteiger partial charge in [-0.2, -0.15) is 0 Å². The van der Waals surface area contributed by atoms with Crippen molar-refractivity contribution in [2.45, 2.75) is 209 Å². The third-order valence-electron chi connectivity index (χ3n) is 10.4. The van der Waals surface area contributed by atoms with E-state index in [1.807, 2.05) is 6.08 Å². The van der Waals surface area contributed by atoms with Gasteiger partial charge in [0.15, 0.2) is 12.6 Å². The van der Waals surface area contributed by atoms with Crippen molar-refractivity contribution in [1.82, 2.24) is 5.32 Å². The molecule has 2 aliphatic rings. The molecule has 0 spiro atoms. The third-order valence-corrected chi connectivity index (χ3v) is 10.4. The number of amides is 1. The van der Waals surface area contributed by atoms with Crippen LogP contribution in [0.3, 0.4) is 0 Å². The van der Waals surface area contributed by atoms with Gasteiger partial charge in [0, 0.05) is 6.42 Å². The predicted octanol–water partition coefficient (Wildman–Crippen LogP) is 3.04. The second kappa shape index (κ2) is 29.6. The van der Waals surface area contributed by atoms with E-state index in [1.165, 1.54) is 57.8 Å². The number of allylic oxidation sites excluding steroid dienone is 3. The number of unbranched alkanes of at least 4 members (excludes halogenated alkanes) is 15. The number of carbonyl (C=O) groups excluding carboxylic acids is 1. The first kappa shape index (κ1) is 49.6. The van der Waals surface area contributed by atoms with E-state index in [0.717, 1.165) is 44.9 Å². The maximum Gasteiger partial charge on any atom is 0.220 e. The Morgan fingerprint density at radius 2 is 1.16 bits per heavy atom. The number of aliphatic hydroxyl groups is 8. The first-order chi connectivity index (χ1) is 26.6. The summed E-state index contributed by atoms with van der Waals surface area (Å²) in [5.41, 5.74) is 0. The highest BCUT2D eigenvalue weighted by Crippen LogP contribution is 2.29. The van der Waals surface area contributed by atoms with Crippen molar-refractivity contribution < 1.29 is 64.6 Å². The van der Waals surface area contributed by atoms with E-state index in [1.54, 1.807) is 6.08 Å². The smallest absolute Gasteiger partial charge is 0.220 e. The Labute approximate surface area is 328 Å². The molecule has 0 saturated carbocycles. The van der Waals surface area contributed by atoms with Crippen LogP contribution >= 0.6 is 0 Å². The Kier molecular flexibility index (Phi) is 26.7. The molecule has 14 heteroatoms. The van der Waals surface area contributed by atoms with E-state index < -0.39 is 86.8 Å². The van der Waals surface area contributed by atoms with Crippen molar-refractivity contribution in [2.75, 3.05) is 19.8 Å². The SMILES string of the molecule is CCCCCCCCCCC/C=C/CC/C=C/C(O)C(COC1OC(CO)C(OC2OC(CO)C(O)C(O)C2O)C(O)C1O)NC(=O)CCCCCCCC. The van der Waals surface area contributed by atoms with Gasteiger partial charge >= 0.3 is 0 Å². The van der Waals surface area contributed by atoms with Crippen molar-refractivity contribution in [3.8, 4) is 0 Å². The fraction of sp³-hybridized carbons (Fsp3) is 0.878. The summed E-state index contributed by atoms with van der Waals surface area (Å²) in [5, 5.41) is 86.0. The van der Waals surface area contributed by atoms with Gasteiger partial charge in [0.1, 0.15) is 48.8 Å². The van der Waals surface area contributed by atoms with E-state index in [0.29, 0.717) is 12.8 Å². The van der Waals surface area contributed by atoms with Gasteiger partial charge < -0.3 is 65.1 Å². The van der Waals surface area contributed by atoms with Crippen LogP contribution in [0.5, 0.6) is 0 Å². The van der Waals surface area contributed by atoms with Crippen LogP contribution in [0, 0.1) is 0 Å². The first-order valence-electron chi connectivity index (χ1n) is 21.1. The van der Waals surface area contributed by atoms with E-state index in [-0.39, 0.29) is 18.9 Å². The molecule has 2 aliphatic heterocycles. The lowest BCUT2D eigenvalue weighted by Gasteiger charge is -2.46. The average Bonchev–Trinajstić information content (AvgIpc) is 3.18. The predicted molar refractivity (Wildman–Crippen MR) is 208 cm³/mol. The van der Waals surface area contributed by atoms with Gasteiger partial charge in [0.25, 0.3) is 0 Å². The minimum absolute atomic E-state index is 0.262. The molecule has 0 aromatic carbocycles. The van der Waals surface area contributed by atoms with Crippen molar-refractivity contribution in [3.05, 3.63) is 24.3 Å². The fourth-order valence-electron chi connectivity index (χ4n) is 6.83. The lowest BCUT2D eigenvalue weighted by atomic mass is 9.97. The van der Waals surface area contributed by atoms with Crippen LogP contribution in [0.25, 0.3) is 0 Å². The highest BCUT2D eigenvalue weighted by atomic mass is 16.7. The molecule has 9 N–H and O–H groups in total. The molecule has 0 bridgehead atoms. The first-order valence-corrected chi connectivity index (χ1v) is 21.1. The molecule has 14 nitrogen and oxygen atoms in total. The van der Waals surface area contributed by atoms with Crippen molar-refractivity contribution in [3.63, 3.8) is 0 Å². The quantitative estimate of drug-likeness (QED) is 0.0377. The molecular weight excluding hydrogens is 714 g/mol. The standard InChI is InChI=1S/C41H75NO13/c1-3-5-7-9-11-12-13-14-15-16-17-18-19-20-22-24-30(45)29(42-33(46)25-23-21-10-8-6-4-2)28-52-40-38(51)36(49)39(32(27-44)54-40)55-41-37(50)35(48)34(47)31(26-43)53-41/h17-18,22,24,29-32,34-41,43-45,47-51H,3-16,19-21,23,25-28H2,1-2H3,(H,42,46)/b18-17+,24-22+. The zero-order valence-electron chi connectivity index (χ0n) is 33.4. The molecule has 2 rings (SSSR count). The Balaban J connectivity index is 1.93. The zero-order chi connectivity index (χ0) is 40.4. The second-order valence-electron chi connectivity index (χ2n) is 15.1. The van der Waals surface area contributed by atoms with Gasteiger partial charge in [0.2, 0.25) is 5.91 Å². The lowest BCUT2D eigenvalue weighted by molar-refractivity contribution is -0.359. The summed E-state index contributed by atoms with van der Waals surface area (Å²) in [5.74, 6) is -0.262. The maximum atomic E-state index is 12.9. The minimum Gasteiger partial charge on any atom is -0.394 e. The number of nitrogens with one attached hydrogen (secondary N) is 1. The monoisotopic (exact) mass is 790 g/mol. The molecule has 0 aliphatic carbocycles. The Morgan fingerprint density at radius 1 is 0.636 bits per heavy atom. The minimum atomic E-state index is -1.79. The molecule has 2 saturated heterocycles. The van der Waals surface area contributed by atoms with Gasteiger partial charge in [-0.1, -0.05) is 122 Å². The molecule has 12 unspecified atom stereocenters. The summed E-state index contributed by atoms with van der Waals surface area (Å²) in [6.45, 7) is 2.65. The summed E-state index contributed by atoms with van der Waals surface area (Å²) in [6, 6.07) is -0.922. The normalized spacial score (nSPS) is 29.9. The average molecular weight is 790 g/mol. The molecule has 322 valence electrons. The molecule has 12 atom stereocenters.